The fraction of sp³-hybridized carbons (Fsp3) is 0.368. The van der Waals surface area contributed by atoms with Crippen LogP contribution < -0.4 is 0 Å². The summed E-state index contributed by atoms with van der Waals surface area (Å²) < 4.78 is 1.99. The van der Waals surface area contributed by atoms with Crippen LogP contribution in [0.3, 0.4) is 0 Å². The Kier molecular flexibility index (Phi) is 5.31. The molecule has 0 aliphatic rings. The number of aromatic nitrogens is 4. The second-order valence-corrected chi connectivity index (χ2v) is 6.32. The summed E-state index contributed by atoms with van der Waals surface area (Å²) in [5.74, 6) is 0.906. The second-order valence-electron chi connectivity index (χ2n) is 6.32. The predicted molar refractivity (Wildman–Crippen MR) is 97.6 cm³/mol. The number of aryl methyl sites for hydroxylation is 2. The summed E-state index contributed by atoms with van der Waals surface area (Å²) in [6, 6.07) is 10.2. The van der Waals surface area contributed by atoms with Crippen molar-refractivity contribution >= 4 is 0 Å². The number of para-hydroxylation sites is 1. The highest BCUT2D eigenvalue weighted by molar-refractivity contribution is 5.36. The molecule has 6 heteroatoms. The first-order valence-electron chi connectivity index (χ1n) is 8.52. The molecule has 0 bridgehead atoms. The van der Waals surface area contributed by atoms with E-state index in [0.717, 1.165) is 41.7 Å². The van der Waals surface area contributed by atoms with Gasteiger partial charge in [-0.25, -0.2) is 9.67 Å². The van der Waals surface area contributed by atoms with Gasteiger partial charge in [-0.2, -0.15) is 5.10 Å². The highest BCUT2D eigenvalue weighted by Gasteiger charge is 2.16. The van der Waals surface area contributed by atoms with Crippen molar-refractivity contribution in [2.75, 3.05) is 13.2 Å². The largest absolute Gasteiger partial charge is 0.395 e. The van der Waals surface area contributed by atoms with E-state index in [-0.39, 0.29) is 6.61 Å². The Morgan fingerprint density at radius 1 is 1.12 bits per heavy atom. The van der Waals surface area contributed by atoms with Gasteiger partial charge in [-0.3, -0.25) is 4.90 Å². The zero-order valence-corrected chi connectivity index (χ0v) is 15.0. The lowest BCUT2D eigenvalue weighted by atomic mass is 10.1. The van der Waals surface area contributed by atoms with E-state index in [1.54, 1.807) is 0 Å². The van der Waals surface area contributed by atoms with E-state index in [1.807, 2.05) is 42.9 Å². The third-order valence-electron chi connectivity index (χ3n) is 4.39. The maximum absolute atomic E-state index is 9.43. The number of aromatic amines is 1. The SMILES string of the molecule is Cc1ncc(CN(CCO)Cc2c(C)nn(-c3ccccc3)c2C)[nH]1. The fourth-order valence-corrected chi connectivity index (χ4v) is 3.10. The van der Waals surface area contributed by atoms with Crippen LogP contribution in [0.4, 0.5) is 0 Å². The average molecular weight is 339 g/mol. The molecule has 0 aliphatic carbocycles. The molecule has 132 valence electrons. The van der Waals surface area contributed by atoms with Crippen molar-refractivity contribution in [1.29, 1.82) is 0 Å². The zero-order chi connectivity index (χ0) is 17.8. The first kappa shape index (κ1) is 17.4. The molecule has 0 saturated heterocycles. The number of nitrogens with zero attached hydrogens (tertiary/aromatic N) is 4. The fourth-order valence-electron chi connectivity index (χ4n) is 3.10. The Balaban J connectivity index is 1.83. The molecule has 0 saturated carbocycles. The molecular formula is C19H25N5O. The summed E-state index contributed by atoms with van der Waals surface area (Å²) in [6.45, 7) is 8.27. The lowest BCUT2D eigenvalue weighted by Gasteiger charge is -2.21. The lowest BCUT2D eigenvalue weighted by molar-refractivity contribution is 0.182. The van der Waals surface area contributed by atoms with Gasteiger partial charge in [0.15, 0.2) is 0 Å². The summed E-state index contributed by atoms with van der Waals surface area (Å²) >= 11 is 0. The molecule has 2 aromatic heterocycles. The first-order valence-corrected chi connectivity index (χ1v) is 8.52. The minimum absolute atomic E-state index is 0.123. The molecule has 0 unspecified atom stereocenters. The summed E-state index contributed by atoms with van der Waals surface area (Å²) in [5, 5.41) is 14.1. The van der Waals surface area contributed by atoms with Crippen LogP contribution in [-0.2, 0) is 13.1 Å². The summed E-state index contributed by atoms with van der Waals surface area (Å²) in [5.41, 5.74) is 5.47. The summed E-state index contributed by atoms with van der Waals surface area (Å²) in [4.78, 5) is 9.72. The van der Waals surface area contributed by atoms with Crippen LogP contribution in [0.25, 0.3) is 5.69 Å². The van der Waals surface area contributed by atoms with Gasteiger partial charge in [0.05, 0.1) is 18.0 Å². The third-order valence-corrected chi connectivity index (χ3v) is 4.39. The Morgan fingerprint density at radius 2 is 1.88 bits per heavy atom. The molecule has 0 aliphatic heterocycles. The van der Waals surface area contributed by atoms with E-state index in [4.69, 9.17) is 5.10 Å². The van der Waals surface area contributed by atoms with Crippen molar-refractivity contribution < 1.29 is 5.11 Å². The van der Waals surface area contributed by atoms with Crippen LogP contribution in [0.2, 0.25) is 0 Å². The molecule has 0 atom stereocenters. The van der Waals surface area contributed by atoms with Gasteiger partial charge in [0.25, 0.3) is 0 Å². The molecule has 2 heterocycles. The topological polar surface area (TPSA) is 70.0 Å². The van der Waals surface area contributed by atoms with E-state index < -0.39 is 0 Å². The van der Waals surface area contributed by atoms with Crippen molar-refractivity contribution in [2.45, 2.75) is 33.9 Å². The molecule has 3 aromatic rings. The van der Waals surface area contributed by atoms with Crippen molar-refractivity contribution in [3.05, 3.63) is 65.0 Å². The second kappa shape index (κ2) is 7.63. The van der Waals surface area contributed by atoms with Crippen molar-refractivity contribution in [3.63, 3.8) is 0 Å². The normalized spacial score (nSPS) is 11.4. The van der Waals surface area contributed by atoms with E-state index in [2.05, 4.69) is 33.9 Å². The van der Waals surface area contributed by atoms with Gasteiger partial charge < -0.3 is 10.1 Å². The quantitative estimate of drug-likeness (QED) is 0.694. The maximum Gasteiger partial charge on any atom is 0.103 e. The van der Waals surface area contributed by atoms with E-state index >= 15 is 0 Å². The number of aliphatic hydroxyl groups excluding tert-OH is 1. The van der Waals surface area contributed by atoms with Crippen LogP contribution in [0, 0.1) is 20.8 Å². The number of imidazole rings is 1. The van der Waals surface area contributed by atoms with Crippen molar-refractivity contribution in [1.82, 2.24) is 24.6 Å². The Morgan fingerprint density at radius 3 is 2.52 bits per heavy atom. The van der Waals surface area contributed by atoms with Gasteiger partial charge in [-0.1, -0.05) is 18.2 Å². The maximum atomic E-state index is 9.43. The molecular weight excluding hydrogens is 314 g/mol. The smallest absolute Gasteiger partial charge is 0.103 e. The lowest BCUT2D eigenvalue weighted by Crippen LogP contribution is -2.26. The number of benzene rings is 1. The molecule has 6 nitrogen and oxygen atoms in total. The summed E-state index contributed by atoms with van der Waals surface area (Å²) in [7, 11) is 0. The van der Waals surface area contributed by atoms with Crippen LogP contribution in [-0.4, -0.2) is 42.9 Å². The number of hydrogen-bond acceptors (Lipinski definition) is 4. The zero-order valence-electron chi connectivity index (χ0n) is 15.0. The molecule has 25 heavy (non-hydrogen) atoms. The number of hydrogen-bond donors (Lipinski definition) is 2. The van der Waals surface area contributed by atoms with Gasteiger partial charge in [0.2, 0.25) is 0 Å². The van der Waals surface area contributed by atoms with Crippen LogP contribution in [0.5, 0.6) is 0 Å². The number of H-pyrrole nitrogens is 1. The minimum Gasteiger partial charge on any atom is -0.395 e. The average Bonchev–Trinajstić information content (AvgIpc) is 3.13. The molecule has 0 fully saturated rings. The van der Waals surface area contributed by atoms with Gasteiger partial charge in [0.1, 0.15) is 5.82 Å². The summed E-state index contributed by atoms with van der Waals surface area (Å²) in [6.07, 6.45) is 1.85. The predicted octanol–water partition coefficient (Wildman–Crippen LogP) is 2.52. The van der Waals surface area contributed by atoms with Crippen LogP contribution in [0.1, 0.15) is 28.5 Å². The third kappa shape index (κ3) is 3.97. The van der Waals surface area contributed by atoms with Gasteiger partial charge in [0, 0.05) is 42.8 Å². The van der Waals surface area contributed by atoms with E-state index in [0.29, 0.717) is 6.54 Å². The minimum atomic E-state index is 0.123. The highest BCUT2D eigenvalue weighted by Crippen LogP contribution is 2.20. The molecule has 0 radical (unpaired) electrons. The Labute approximate surface area is 148 Å². The first-order chi connectivity index (χ1) is 12.1. The number of rotatable bonds is 7. The molecule has 3 rings (SSSR count). The Hall–Kier alpha value is -2.44. The van der Waals surface area contributed by atoms with Crippen molar-refractivity contribution in [3.8, 4) is 5.69 Å². The van der Waals surface area contributed by atoms with Gasteiger partial charge in [-0.05, 0) is 32.9 Å². The van der Waals surface area contributed by atoms with Crippen LogP contribution >= 0.6 is 0 Å². The van der Waals surface area contributed by atoms with Crippen molar-refractivity contribution in [2.24, 2.45) is 0 Å². The van der Waals surface area contributed by atoms with Gasteiger partial charge >= 0.3 is 0 Å². The van der Waals surface area contributed by atoms with Crippen LogP contribution in [0.15, 0.2) is 36.5 Å². The number of aliphatic hydroxyl groups is 1. The Bertz CT molecular complexity index is 822. The monoisotopic (exact) mass is 339 g/mol. The molecule has 0 spiro atoms. The number of nitrogens with one attached hydrogen (secondary N) is 1. The van der Waals surface area contributed by atoms with E-state index in [9.17, 15) is 5.11 Å². The molecule has 1 aromatic carbocycles. The highest BCUT2D eigenvalue weighted by atomic mass is 16.3. The molecule has 2 N–H and O–H groups in total. The van der Waals surface area contributed by atoms with Gasteiger partial charge in [-0.15, -0.1) is 0 Å². The standard InChI is InChI=1S/C19H25N5O/c1-14-19(15(2)24(22-14)18-7-5-4-6-8-18)13-23(9-10-25)12-17-11-20-16(3)21-17/h4-8,11,25H,9-10,12-13H2,1-3H3,(H,20,21). The molecule has 0 amide bonds. The van der Waals surface area contributed by atoms with E-state index in [1.165, 1.54) is 5.56 Å².